The average Bonchev–Trinajstić information content (AvgIpc) is 2.81. The molecule has 0 aliphatic carbocycles. The molecule has 0 spiro atoms. The topological polar surface area (TPSA) is 120 Å². The largest absolute Gasteiger partial charge is 0.573 e. The van der Waals surface area contributed by atoms with Gasteiger partial charge >= 0.3 is 6.36 Å². The number of carbonyl (C=O) groups is 1. The summed E-state index contributed by atoms with van der Waals surface area (Å²) in [4.78, 5) is 12.4. The molecule has 0 bridgehead atoms. The maximum atomic E-state index is 12.9. The molecule has 0 radical (unpaired) electrons. The Balaban J connectivity index is 1.51. The first-order valence-corrected chi connectivity index (χ1v) is 11.8. The summed E-state index contributed by atoms with van der Waals surface area (Å²) in [6.07, 6.45) is -5.44. The first-order chi connectivity index (χ1) is 16.0. The number of nitrogens with one attached hydrogen (secondary N) is 1. The molecule has 1 aliphatic rings. The third-order valence-electron chi connectivity index (χ3n) is 5.42. The lowest BCUT2D eigenvalue weighted by atomic mass is 9.97. The van der Waals surface area contributed by atoms with Gasteiger partial charge in [-0.15, -0.1) is 13.2 Å². The Kier molecular flexibility index (Phi) is 7.81. The predicted molar refractivity (Wildman–Crippen MR) is 114 cm³/mol. The second-order valence-electron chi connectivity index (χ2n) is 7.66. The minimum Gasteiger partial charge on any atom is -0.406 e. The quantitative estimate of drug-likeness (QED) is 0.607. The van der Waals surface area contributed by atoms with Gasteiger partial charge in [0.05, 0.1) is 16.6 Å². The highest BCUT2D eigenvalue weighted by Crippen LogP contribution is 2.27. The van der Waals surface area contributed by atoms with Crippen LogP contribution in [-0.2, 0) is 14.8 Å². The van der Waals surface area contributed by atoms with Crippen LogP contribution in [-0.4, -0.2) is 49.7 Å². The summed E-state index contributed by atoms with van der Waals surface area (Å²) in [5, 5.41) is 22.0. The van der Waals surface area contributed by atoms with Crippen LogP contribution in [0.2, 0.25) is 0 Å². The molecule has 1 unspecified atom stereocenters. The van der Waals surface area contributed by atoms with Gasteiger partial charge in [-0.3, -0.25) is 4.79 Å². The van der Waals surface area contributed by atoms with Crippen LogP contribution in [0.15, 0.2) is 53.4 Å². The van der Waals surface area contributed by atoms with E-state index in [2.05, 4.69) is 10.1 Å². The van der Waals surface area contributed by atoms with Crippen LogP contribution in [0.4, 0.5) is 13.2 Å². The number of amides is 1. The van der Waals surface area contributed by atoms with E-state index in [4.69, 9.17) is 0 Å². The first kappa shape index (κ1) is 25.5. The predicted octanol–water partition coefficient (Wildman–Crippen LogP) is 2.71. The van der Waals surface area contributed by atoms with Crippen molar-refractivity contribution in [1.29, 1.82) is 5.26 Å². The SMILES string of the molecule is N#Cc1ccccc1S(=O)(=O)N1CCC(C(=O)NCC(O)c2ccc(OC(F)(F)F)cc2)CC1. The van der Waals surface area contributed by atoms with Gasteiger partial charge < -0.3 is 15.2 Å². The Hall–Kier alpha value is -3.14. The molecule has 1 atom stereocenters. The van der Waals surface area contributed by atoms with Gasteiger partial charge in [0.2, 0.25) is 15.9 Å². The zero-order chi connectivity index (χ0) is 24.9. The maximum Gasteiger partial charge on any atom is 0.573 e. The molecule has 3 rings (SSSR count). The van der Waals surface area contributed by atoms with Crippen LogP contribution >= 0.6 is 0 Å². The molecule has 34 heavy (non-hydrogen) atoms. The lowest BCUT2D eigenvalue weighted by Crippen LogP contribution is -2.43. The van der Waals surface area contributed by atoms with E-state index < -0.39 is 34.2 Å². The van der Waals surface area contributed by atoms with Crippen LogP contribution in [0.3, 0.4) is 0 Å². The first-order valence-electron chi connectivity index (χ1n) is 10.3. The number of aliphatic hydroxyl groups is 1. The average molecular weight is 497 g/mol. The molecule has 2 aromatic rings. The third kappa shape index (κ3) is 6.25. The molecule has 182 valence electrons. The number of nitrogens with zero attached hydrogens (tertiary/aromatic N) is 2. The van der Waals surface area contributed by atoms with Crippen molar-refractivity contribution in [1.82, 2.24) is 9.62 Å². The molecule has 1 fully saturated rings. The fourth-order valence-corrected chi connectivity index (χ4v) is 5.24. The zero-order valence-electron chi connectivity index (χ0n) is 17.8. The summed E-state index contributed by atoms with van der Waals surface area (Å²) in [6, 6.07) is 12.4. The minimum absolute atomic E-state index is 0.0503. The van der Waals surface area contributed by atoms with Crippen molar-refractivity contribution in [3.05, 3.63) is 59.7 Å². The van der Waals surface area contributed by atoms with Crippen molar-refractivity contribution in [2.75, 3.05) is 19.6 Å². The Morgan fingerprint density at radius 3 is 2.38 bits per heavy atom. The number of sulfonamides is 1. The Labute approximate surface area is 194 Å². The van der Waals surface area contributed by atoms with Crippen molar-refractivity contribution >= 4 is 15.9 Å². The monoisotopic (exact) mass is 497 g/mol. The standard InChI is InChI=1S/C22H22F3N3O5S/c23-22(24,25)33-18-7-5-15(6-8-18)19(29)14-27-21(30)16-9-11-28(12-10-16)34(31,32)20-4-2-1-3-17(20)13-26/h1-8,16,19,29H,9-12,14H2,(H,27,30). The summed E-state index contributed by atoms with van der Waals surface area (Å²) >= 11 is 0. The molecule has 2 N–H and O–H groups in total. The lowest BCUT2D eigenvalue weighted by molar-refractivity contribution is -0.274. The molecular weight excluding hydrogens is 475 g/mol. The fraction of sp³-hybridized carbons (Fsp3) is 0.364. The Morgan fingerprint density at radius 2 is 1.79 bits per heavy atom. The van der Waals surface area contributed by atoms with E-state index in [9.17, 15) is 36.8 Å². The summed E-state index contributed by atoms with van der Waals surface area (Å²) < 4.78 is 67.5. The lowest BCUT2D eigenvalue weighted by Gasteiger charge is -2.31. The van der Waals surface area contributed by atoms with E-state index in [1.54, 1.807) is 6.07 Å². The van der Waals surface area contributed by atoms with Gasteiger partial charge in [0, 0.05) is 25.6 Å². The van der Waals surface area contributed by atoms with Gasteiger partial charge in [0.15, 0.2) is 0 Å². The zero-order valence-corrected chi connectivity index (χ0v) is 18.6. The van der Waals surface area contributed by atoms with Crippen molar-refractivity contribution in [2.45, 2.75) is 30.2 Å². The van der Waals surface area contributed by atoms with Crippen LogP contribution in [0.25, 0.3) is 0 Å². The molecule has 1 aliphatic heterocycles. The molecule has 0 saturated carbocycles. The van der Waals surface area contributed by atoms with Crippen molar-refractivity contribution in [3.8, 4) is 11.8 Å². The molecular formula is C22H22F3N3O5S. The van der Waals surface area contributed by atoms with Crippen molar-refractivity contribution < 1.29 is 36.2 Å². The van der Waals surface area contributed by atoms with E-state index in [-0.39, 0.29) is 48.8 Å². The molecule has 2 aromatic carbocycles. The second kappa shape index (κ2) is 10.4. The van der Waals surface area contributed by atoms with Crippen molar-refractivity contribution in [2.24, 2.45) is 5.92 Å². The summed E-state index contributed by atoms with van der Waals surface area (Å²) in [6.45, 7) is 0.0408. The van der Waals surface area contributed by atoms with Crippen LogP contribution in [0.5, 0.6) is 5.75 Å². The number of aliphatic hydroxyl groups excluding tert-OH is 1. The smallest absolute Gasteiger partial charge is 0.406 e. The Morgan fingerprint density at radius 1 is 1.18 bits per heavy atom. The number of alkyl halides is 3. The number of rotatable bonds is 7. The van der Waals surface area contributed by atoms with Crippen LogP contribution in [0, 0.1) is 17.2 Å². The van der Waals surface area contributed by atoms with E-state index in [0.29, 0.717) is 5.56 Å². The Bertz CT molecular complexity index is 1160. The van der Waals surface area contributed by atoms with Gasteiger partial charge in [0.1, 0.15) is 11.8 Å². The number of hydrogen-bond donors (Lipinski definition) is 2. The molecule has 1 heterocycles. The number of carbonyl (C=O) groups excluding carboxylic acids is 1. The third-order valence-corrected chi connectivity index (χ3v) is 7.37. The van der Waals surface area contributed by atoms with Gasteiger partial charge in [0.25, 0.3) is 0 Å². The van der Waals surface area contributed by atoms with Gasteiger partial charge in [-0.1, -0.05) is 24.3 Å². The summed E-state index contributed by atoms with van der Waals surface area (Å²) in [7, 11) is -3.87. The number of benzene rings is 2. The number of hydrogen-bond acceptors (Lipinski definition) is 6. The molecule has 0 aromatic heterocycles. The number of halogens is 3. The van der Waals surface area contributed by atoms with Gasteiger partial charge in [-0.2, -0.15) is 9.57 Å². The fourth-order valence-electron chi connectivity index (χ4n) is 3.63. The van der Waals surface area contributed by atoms with Gasteiger partial charge in [-0.05, 0) is 42.7 Å². The van der Waals surface area contributed by atoms with E-state index in [1.165, 1.54) is 34.6 Å². The normalized spacial score (nSPS) is 16.4. The van der Waals surface area contributed by atoms with Crippen molar-refractivity contribution in [3.63, 3.8) is 0 Å². The van der Waals surface area contributed by atoms with E-state index in [0.717, 1.165) is 12.1 Å². The highest BCUT2D eigenvalue weighted by atomic mass is 32.2. The molecule has 8 nitrogen and oxygen atoms in total. The molecule has 1 saturated heterocycles. The summed E-state index contributed by atoms with van der Waals surface area (Å²) in [5.74, 6) is -1.25. The number of nitriles is 1. The van der Waals surface area contributed by atoms with Crippen LogP contribution in [0.1, 0.15) is 30.1 Å². The van der Waals surface area contributed by atoms with Crippen LogP contribution < -0.4 is 10.1 Å². The highest BCUT2D eigenvalue weighted by molar-refractivity contribution is 7.89. The summed E-state index contributed by atoms with van der Waals surface area (Å²) in [5.41, 5.74) is 0.348. The number of piperidine rings is 1. The van der Waals surface area contributed by atoms with Gasteiger partial charge in [-0.25, -0.2) is 8.42 Å². The molecule has 1 amide bonds. The maximum absolute atomic E-state index is 12.9. The highest BCUT2D eigenvalue weighted by Gasteiger charge is 2.33. The second-order valence-corrected chi connectivity index (χ2v) is 9.57. The minimum atomic E-state index is -4.82. The number of ether oxygens (including phenoxy) is 1. The van der Waals surface area contributed by atoms with E-state index in [1.807, 2.05) is 6.07 Å². The molecule has 12 heteroatoms. The van der Waals surface area contributed by atoms with E-state index >= 15 is 0 Å².